The SMILES string of the molecule is COc1ccc(/C=C(\C#N)C(=O)NCCCCNC(=O)/C(C#N)=C/c2ccc(OC)cc2)cc1. The Bertz CT molecular complexity index is 1030. The molecule has 0 spiro atoms. The maximum absolute atomic E-state index is 12.2. The van der Waals surface area contributed by atoms with E-state index in [0.717, 1.165) is 0 Å². The molecule has 2 rings (SSSR count). The highest BCUT2D eigenvalue weighted by Crippen LogP contribution is 2.15. The van der Waals surface area contributed by atoms with Crippen molar-refractivity contribution in [2.45, 2.75) is 12.8 Å². The number of ether oxygens (including phenoxy) is 2. The van der Waals surface area contributed by atoms with Crippen molar-refractivity contribution in [1.82, 2.24) is 10.6 Å². The average Bonchev–Trinajstić information content (AvgIpc) is 2.88. The molecule has 0 aromatic heterocycles. The van der Waals surface area contributed by atoms with Gasteiger partial charge in [-0.25, -0.2) is 0 Å². The van der Waals surface area contributed by atoms with Gasteiger partial charge in [0.05, 0.1) is 14.2 Å². The van der Waals surface area contributed by atoms with E-state index in [4.69, 9.17) is 9.47 Å². The fourth-order valence-electron chi connectivity index (χ4n) is 2.88. The lowest BCUT2D eigenvalue weighted by atomic mass is 10.1. The Labute approximate surface area is 199 Å². The fraction of sp³-hybridized carbons (Fsp3) is 0.231. The summed E-state index contributed by atoms with van der Waals surface area (Å²) in [6.07, 6.45) is 4.20. The Kier molecular flexibility index (Phi) is 10.4. The number of amides is 2. The molecule has 34 heavy (non-hydrogen) atoms. The third kappa shape index (κ3) is 8.18. The number of nitrogens with one attached hydrogen (secondary N) is 2. The first-order valence-electron chi connectivity index (χ1n) is 10.6. The van der Waals surface area contributed by atoms with Crippen LogP contribution >= 0.6 is 0 Å². The van der Waals surface area contributed by atoms with Crippen LogP contribution in [0.4, 0.5) is 0 Å². The van der Waals surface area contributed by atoms with Gasteiger partial charge in [-0.2, -0.15) is 10.5 Å². The standard InChI is InChI=1S/C26H26N4O4/c1-33-23-9-5-19(6-10-23)15-21(17-27)25(31)29-13-3-4-14-30-26(32)22(18-28)16-20-7-11-24(34-2)12-8-20/h5-12,15-16H,3-4,13-14H2,1-2H3,(H,29,31)(H,30,32)/b21-15+,22-16+. The van der Waals surface area contributed by atoms with Crippen molar-refractivity contribution in [3.05, 3.63) is 70.8 Å². The molecule has 0 unspecified atom stereocenters. The topological polar surface area (TPSA) is 124 Å². The van der Waals surface area contributed by atoms with Crippen LogP contribution in [0.15, 0.2) is 59.7 Å². The van der Waals surface area contributed by atoms with Crippen LogP contribution in [0.1, 0.15) is 24.0 Å². The van der Waals surface area contributed by atoms with Crippen LogP contribution in [0.25, 0.3) is 12.2 Å². The largest absolute Gasteiger partial charge is 0.497 e. The molecule has 2 aromatic carbocycles. The van der Waals surface area contributed by atoms with Gasteiger partial charge in [-0.3, -0.25) is 9.59 Å². The van der Waals surface area contributed by atoms with E-state index in [1.807, 2.05) is 12.1 Å². The second-order valence-electron chi connectivity index (χ2n) is 7.10. The summed E-state index contributed by atoms with van der Waals surface area (Å²) in [5.41, 5.74) is 1.43. The Hall–Kier alpha value is -4.56. The molecule has 174 valence electrons. The molecular weight excluding hydrogens is 432 g/mol. The van der Waals surface area contributed by atoms with E-state index in [0.29, 0.717) is 48.6 Å². The van der Waals surface area contributed by atoms with Gasteiger partial charge in [0.2, 0.25) is 0 Å². The smallest absolute Gasteiger partial charge is 0.261 e. The lowest BCUT2D eigenvalue weighted by Gasteiger charge is -2.06. The minimum atomic E-state index is -0.462. The minimum Gasteiger partial charge on any atom is -0.497 e. The van der Waals surface area contributed by atoms with E-state index in [1.54, 1.807) is 62.8 Å². The number of hydrogen-bond donors (Lipinski definition) is 2. The summed E-state index contributed by atoms with van der Waals surface area (Å²) in [4.78, 5) is 24.5. The van der Waals surface area contributed by atoms with Crippen LogP contribution in [0.2, 0.25) is 0 Å². The molecule has 8 heteroatoms. The van der Waals surface area contributed by atoms with Crippen LogP contribution in [0, 0.1) is 22.7 Å². The van der Waals surface area contributed by atoms with Crippen molar-refractivity contribution in [2.24, 2.45) is 0 Å². The van der Waals surface area contributed by atoms with Crippen molar-refractivity contribution >= 4 is 24.0 Å². The molecule has 2 aromatic rings. The van der Waals surface area contributed by atoms with Crippen molar-refractivity contribution in [3.8, 4) is 23.6 Å². The zero-order valence-electron chi connectivity index (χ0n) is 19.1. The van der Waals surface area contributed by atoms with Gasteiger partial charge in [0.25, 0.3) is 11.8 Å². The number of nitriles is 2. The Balaban J connectivity index is 1.75. The number of carbonyl (C=O) groups is 2. The quantitative estimate of drug-likeness (QED) is 0.303. The molecule has 2 N–H and O–H groups in total. The number of nitrogens with zero attached hydrogens (tertiary/aromatic N) is 2. The van der Waals surface area contributed by atoms with Gasteiger partial charge in [-0.05, 0) is 60.4 Å². The van der Waals surface area contributed by atoms with Gasteiger partial charge < -0.3 is 20.1 Å². The molecule has 0 saturated heterocycles. The second-order valence-corrected chi connectivity index (χ2v) is 7.10. The van der Waals surface area contributed by atoms with Crippen LogP contribution in [0.3, 0.4) is 0 Å². The average molecular weight is 459 g/mol. The van der Waals surface area contributed by atoms with E-state index in [9.17, 15) is 20.1 Å². The van der Waals surface area contributed by atoms with Gasteiger partial charge in [-0.15, -0.1) is 0 Å². The number of methoxy groups -OCH3 is 2. The second kappa shape index (κ2) is 13.8. The molecule has 0 fully saturated rings. The van der Waals surface area contributed by atoms with E-state index in [-0.39, 0.29) is 11.1 Å². The normalized spacial score (nSPS) is 11.1. The number of rotatable bonds is 11. The molecule has 0 aliphatic heterocycles. The molecule has 0 aliphatic carbocycles. The van der Waals surface area contributed by atoms with Crippen molar-refractivity contribution < 1.29 is 19.1 Å². The van der Waals surface area contributed by atoms with E-state index >= 15 is 0 Å². The van der Waals surface area contributed by atoms with Gasteiger partial charge in [-0.1, -0.05) is 24.3 Å². The van der Waals surface area contributed by atoms with Crippen molar-refractivity contribution in [3.63, 3.8) is 0 Å². The maximum Gasteiger partial charge on any atom is 0.261 e. The summed E-state index contributed by atoms with van der Waals surface area (Å²) in [6.45, 7) is 0.701. The lowest BCUT2D eigenvalue weighted by molar-refractivity contribution is -0.118. The first-order chi connectivity index (χ1) is 16.5. The Morgan fingerprint density at radius 1 is 0.735 bits per heavy atom. The number of benzene rings is 2. The van der Waals surface area contributed by atoms with Crippen LogP contribution in [-0.4, -0.2) is 39.1 Å². The molecule has 0 aliphatic rings. The number of hydrogen-bond acceptors (Lipinski definition) is 6. The third-order valence-corrected chi connectivity index (χ3v) is 4.76. The maximum atomic E-state index is 12.2. The monoisotopic (exact) mass is 458 g/mol. The van der Waals surface area contributed by atoms with Gasteiger partial charge in [0, 0.05) is 13.1 Å². The van der Waals surface area contributed by atoms with Gasteiger partial charge in [0.15, 0.2) is 0 Å². The van der Waals surface area contributed by atoms with Crippen molar-refractivity contribution in [2.75, 3.05) is 27.3 Å². The van der Waals surface area contributed by atoms with Crippen LogP contribution < -0.4 is 20.1 Å². The van der Waals surface area contributed by atoms with E-state index < -0.39 is 11.8 Å². The highest BCUT2D eigenvalue weighted by Gasteiger charge is 2.10. The highest BCUT2D eigenvalue weighted by molar-refractivity contribution is 6.02. The molecule has 0 heterocycles. The molecular formula is C26H26N4O4. The Morgan fingerprint density at radius 3 is 1.38 bits per heavy atom. The zero-order chi connectivity index (χ0) is 24.8. The van der Waals surface area contributed by atoms with E-state index in [2.05, 4.69) is 10.6 Å². The number of carbonyl (C=O) groups excluding carboxylic acids is 2. The molecule has 0 atom stereocenters. The van der Waals surface area contributed by atoms with Crippen LogP contribution in [0.5, 0.6) is 11.5 Å². The van der Waals surface area contributed by atoms with Gasteiger partial charge in [0.1, 0.15) is 34.8 Å². The predicted octanol–water partition coefficient (Wildman–Crippen LogP) is 3.23. The molecule has 8 nitrogen and oxygen atoms in total. The van der Waals surface area contributed by atoms with Crippen LogP contribution in [-0.2, 0) is 9.59 Å². The fourth-order valence-corrected chi connectivity index (χ4v) is 2.88. The lowest BCUT2D eigenvalue weighted by Crippen LogP contribution is -2.28. The zero-order valence-corrected chi connectivity index (χ0v) is 19.1. The summed E-state index contributed by atoms with van der Waals surface area (Å²) in [7, 11) is 3.12. The first-order valence-corrected chi connectivity index (χ1v) is 10.6. The first kappa shape index (κ1) is 25.7. The van der Waals surface area contributed by atoms with Gasteiger partial charge >= 0.3 is 0 Å². The van der Waals surface area contributed by atoms with Crippen molar-refractivity contribution in [1.29, 1.82) is 10.5 Å². The summed E-state index contributed by atoms with van der Waals surface area (Å²) in [6, 6.07) is 17.8. The summed E-state index contributed by atoms with van der Waals surface area (Å²) >= 11 is 0. The predicted molar refractivity (Wildman–Crippen MR) is 128 cm³/mol. The third-order valence-electron chi connectivity index (χ3n) is 4.76. The van der Waals surface area contributed by atoms with E-state index in [1.165, 1.54) is 12.2 Å². The minimum absolute atomic E-state index is 0.000741. The highest BCUT2D eigenvalue weighted by atomic mass is 16.5. The summed E-state index contributed by atoms with van der Waals surface area (Å²) < 4.78 is 10.2. The summed E-state index contributed by atoms with van der Waals surface area (Å²) in [5.74, 6) is 0.448. The Morgan fingerprint density at radius 2 is 1.09 bits per heavy atom. The number of unbranched alkanes of at least 4 members (excludes halogenated alkanes) is 1. The molecule has 0 bridgehead atoms. The molecule has 2 amide bonds. The molecule has 0 saturated carbocycles. The molecule has 0 radical (unpaired) electrons. The summed E-state index contributed by atoms with van der Waals surface area (Å²) in [5, 5.41) is 24.0.